The van der Waals surface area contributed by atoms with Crippen molar-refractivity contribution in [1.29, 1.82) is 0 Å². The average Bonchev–Trinajstić information content (AvgIpc) is 2.42. The van der Waals surface area contributed by atoms with E-state index in [0.29, 0.717) is 25.2 Å². The Morgan fingerprint density at radius 3 is 2.58 bits per heavy atom. The Hall–Kier alpha value is -1.46. The normalized spacial score (nSPS) is 16.6. The zero-order chi connectivity index (χ0) is 13.7. The molecule has 0 spiro atoms. The third-order valence-corrected chi connectivity index (χ3v) is 3.34. The molecule has 0 aliphatic carbocycles. The van der Waals surface area contributed by atoms with Gasteiger partial charge in [0.25, 0.3) is 0 Å². The number of benzene rings is 1. The van der Waals surface area contributed by atoms with Gasteiger partial charge in [-0.05, 0) is 6.07 Å². The lowest BCUT2D eigenvalue weighted by atomic mass is 10.2. The molecular weight excluding hydrogens is 247 g/mol. The minimum atomic E-state index is -0.166. The van der Waals surface area contributed by atoms with E-state index in [-0.39, 0.29) is 18.3 Å². The summed E-state index contributed by atoms with van der Waals surface area (Å²) >= 11 is 0. The molecule has 0 aromatic heterocycles. The molecule has 1 aliphatic heterocycles. The fourth-order valence-corrected chi connectivity index (χ4v) is 2.24. The second-order valence-corrected chi connectivity index (χ2v) is 4.68. The highest BCUT2D eigenvalue weighted by molar-refractivity contribution is 5.77. The van der Waals surface area contributed by atoms with Crippen LogP contribution in [-0.4, -0.2) is 55.6 Å². The summed E-state index contributed by atoms with van der Waals surface area (Å²) < 4.78 is 18.4. The zero-order valence-corrected chi connectivity index (χ0v) is 11.1. The van der Waals surface area contributed by atoms with Crippen molar-refractivity contribution in [2.24, 2.45) is 0 Å². The first-order valence-electron chi connectivity index (χ1n) is 6.43. The summed E-state index contributed by atoms with van der Waals surface area (Å²) in [5.41, 5.74) is 0.708. The molecule has 1 saturated heterocycles. The Morgan fingerprint density at radius 1 is 1.26 bits per heavy atom. The van der Waals surface area contributed by atoms with Crippen LogP contribution >= 0.6 is 0 Å². The molecule has 2 rings (SSSR count). The lowest BCUT2D eigenvalue weighted by Crippen LogP contribution is -2.49. The Kier molecular flexibility index (Phi) is 4.87. The van der Waals surface area contributed by atoms with Crippen LogP contribution in [0.2, 0.25) is 0 Å². The van der Waals surface area contributed by atoms with Gasteiger partial charge in [-0.1, -0.05) is 18.2 Å². The minimum absolute atomic E-state index is 0.0213. The highest BCUT2D eigenvalue weighted by atomic mass is 19.1. The number of nitrogens with zero attached hydrogens (tertiary/aromatic N) is 2. The van der Waals surface area contributed by atoms with Crippen molar-refractivity contribution in [3.63, 3.8) is 0 Å². The van der Waals surface area contributed by atoms with Crippen LogP contribution in [0, 0.1) is 5.82 Å². The fourth-order valence-electron chi connectivity index (χ4n) is 2.24. The first kappa shape index (κ1) is 14.0. The first-order chi connectivity index (χ1) is 9.20. The van der Waals surface area contributed by atoms with Gasteiger partial charge < -0.3 is 9.64 Å². The molecule has 1 aliphatic rings. The molecule has 0 unspecified atom stereocenters. The lowest BCUT2D eigenvalue weighted by molar-refractivity contribution is -0.136. The standard InChI is InChI=1S/C14H19FN2O2/c1-19-11-14(18)17-8-6-16(7-9-17)10-12-4-2-3-5-13(12)15/h2-5H,6-11H2,1H3. The van der Waals surface area contributed by atoms with Gasteiger partial charge >= 0.3 is 0 Å². The van der Waals surface area contributed by atoms with Crippen LogP contribution in [0.25, 0.3) is 0 Å². The molecule has 104 valence electrons. The lowest BCUT2D eigenvalue weighted by Gasteiger charge is -2.34. The summed E-state index contributed by atoms with van der Waals surface area (Å²) in [6, 6.07) is 6.82. The van der Waals surface area contributed by atoms with Crippen LogP contribution in [-0.2, 0) is 16.1 Å². The number of piperazine rings is 1. The summed E-state index contributed by atoms with van der Waals surface area (Å²) in [5, 5.41) is 0. The van der Waals surface area contributed by atoms with E-state index >= 15 is 0 Å². The Balaban J connectivity index is 1.84. The van der Waals surface area contributed by atoms with E-state index in [0.717, 1.165) is 13.1 Å². The molecule has 19 heavy (non-hydrogen) atoms. The number of hydrogen-bond acceptors (Lipinski definition) is 3. The minimum Gasteiger partial charge on any atom is -0.375 e. The molecule has 5 heteroatoms. The highest BCUT2D eigenvalue weighted by Gasteiger charge is 2.21. The largest absolute Gasteiger partial charge is 0.375 e. The Labute approximate surface area is 112 Å². The molecular formula is C14H19FN2O2. The topological polar surface area (TPSA) is 32.8 Å². The summed E-state index contributed by atoms with van der Waals surface area (Å²) in [7, 11) is 1.52. The van der Waals surface area contributed by atoms with Crippen molar-refractivity contribution >= 4 is 5.91 Å². The monoisotopic (exact) mass is 266 g/mol. The molecule has 1 aromatic rings. The van der Waals surface area contributed by atoms with E-state index in [1.54, 1.807) is 17.0 Å². The van der Waals surface area contributed by atoms with Gasteiger partial charge in [0.1, 0.15) is 12.4 Å². The van der Waals surface area contributed by atoms with Crippen LogP contribution in [0.4, 0.5) is 4.39 Å². The zero-order valence-electron chi connectivity index (χ0n) is 11.1. The molecule has 4 nitrogen and oxygen atoms in total. The van der Waals surface area contributed by atoms with E-state index in [9.17, 15) is 9.18 Å². The van der Waals surface area contributed by atoms with E-state index in [1.165, 1.54) is 13.2 Å². The predicted molar refractivity (Wildman–Crippen MR) is 70.1 cm³/mol. The summed E-state index contributed by atoms with van der Waals surface area (Å²) in [6.07, 6.45) is 0. The fraction of sp³-hybridized carbons (Fsp3) is 0.500. The van der Waals surface area contributed by atoms with Crippen molar-refractivity contribution in [2.45, 2.75) is 6.54 Å². The van der Waals surface area contributed by atoms with Gasteiger partial charge in [-0.15, -0.1) is 0 Å². The quantitative estimate of drug-likeness (QED) is 0.818. The molecule has 0 N–H and O–H groups in total. The van der Waals surface area contributed by atoms with Gasteiger partial charge in [0.15, 0.2) is 0 Å². The molecule has 1 heterocycles. The Morgan fingerprint density at radius 2 is 1.95 bits per heavy atom. The van der Waals surface area contributed by atoms with Gasteiger partial charge in [0.05, 0.1) is 0 Å². The van der Waals surface area contributed by atoms with Crippen LogP contribution in [0.5, 0.6) is 0 Å². The highest BCUT2D eigenvalue weighted by Crippen LogP contribution is 2.12. The number of ether oxygens (including phenoxy) is 1. The molecule has 1 amide bonds. The van der Waals surface area contributed by atoms with Crippen molar-refractivity contribution in [1.82, 2.24) is 9.80 Å². The molecule has 0 atom stereocenters. The number of hydrogen-bond donors (Lipinski definition) is 0. The van der Waals surface area contributed by atoms with E-state index < -0.39 is 0 Å². The van der Waals surface area contributed by atoms with Crippen molar-refractivity contribution in [3.05, 3.63) is 35.6 Å². The number of carbonyl (C=O) groups excluding carboxylic acids is 1. The van der Waals surface area contributed by atoms with Gasteiger partial charge in [0, 0.05) is 45.4 Å². The number of carbonyl (C=O) groups is 1. The van der Waals surface area contributed by atoms with Crippen LogP contribution < -0.4 is 0 Å². The smallest absolute Gasteiger partial charge is 0.248 e. The van der Waals surface area contributed by atoms with E-state index in [4.69, 9.17) is 4.74 Å². The average molecular weight is 266 g/mol. The van der Waals surface area contributed by atoms with Crippen LogP contribution in [0.1, 0.15) is 5.56 Å². The SMILES string of the molecule is COCC(=O)N1CCN(Cc2ccccc2F)CC1. The first-order valence-corrected chi connectivity index (χ1v) is 6.43. The molecule has 1 fully saturated rings. The molecule has 0 saturated carbocycles. The summed E-state index contributed by atoms with van der Waals surface area (Å²) in [4.78, 5) is 15.6. The molecule has 1 aromatic carbocycles. The number of rotatable bonds is 4. The maximum absolute atomic E-state index is 13.5. The predicted octanol–water partition coefficient (Wildman–Crippen LogP) is 1.12. The van der Waals surface area contributed by atoms with Gasteiger partial charge in [0.2, 0.25) is 5.91 Å². The van der Waals surface area contributed by atoms with Crippen molar-refractivity contribution in [2.75, 3.05) is 39.9 Å². The number of halogens is 1. The maximum atomic E-state index is 13.5. The van der Waals surface area contributed by atoms with E-state index in [2.05, 4.69) is 4.90 Å². The van der Waals surface area contributed by atoms with Crippen molar-refractivity contribution in [3.8, 4) is 0 Å². The third-order valence-electron chi connectivity index (χ3n) is 3.34. The number of methoxy groups -OCH3 is 1. The molecule has 0 radical (unpaired) electrons. The Bertz CT molecular complexity index is 431. The molecule has 0 bridgehead atoms. The van der Waals surface area contributed by atoms with Gasteiger partial charge in [-0.25, -0.2) is 4.39 Å². The van der Waals surface area contributed by atoms with Gasteiger partial charge in [-0.3, -0.25) is 9.69 Å². The summed E-state index contributed by atoms with van der Waals surface area (Å²) in [5.74, 6) is -0.145. The van der Waals surface area contributed by atoms with Gasteiger partial charge in [-0.2, -0.15) is 0 Å². The second-order valence-electron chi connectivity index (χ2n) is 4.68. The van der Waals surface area contributed by atoms with Crippen molar-refractivity contribution < 1.29 is 13.9 Å². The van der Waals surface area contributed by atoms with E-state index in [1.807, 2.05) is 6.07 Å². The summed E-state index contributed by atoms with van der Waals surface area (Å²) in [6.45, 7) is 3.62. The number of amides is 1. The third kappa shape index (κ3) is 3.75. The van der Waals surface area contributed by atoms with Crippen LogP contribution in [0.15, 0.2) is 24.3 Å². The second kappa shape index (κ2) is 6.63. The van der Waals surface area contributed by atoms with Crippen LogP contribution in [0.3, 0.4) is 0 Å². The maximum Gasteiger partial charge on any atom is 0.248 e.